The monoisotopic (exact) mass is 370 g/mol. The number of alkyl halides is 3. The Kier molecular flexibility index (Phi) is 6.67. The van der Waals surface area contributed by atoms with Gasteiger partial charge in [0.25, 0.3) is 0 Å². The van der Waals surface area contributed by atoms with E-state index < -0.39 is 11.7 Å². The van der Waals surface area contributed by atoms with Gasteiger partial charge in [0.15, 0.2) is 0 Å². The van der Waals surface area contributed by atoms with Gasteiger partial charge in [0.2, 0.25) is 12.3 Å². The van der Waals surface area contributed by atoms with Crippen LogP contribution < -0.4 is 5.32 Å². The molecule has 144 valence electrons. The average molecular weight is 370 g/mol. The van der Waals surface area contributed by atoms with Gasteiger partial charge in [-0.25, -0.2) is 0 Å². The second-order valence-electron chi connectivity index (χ2n) is 6.80. The summed E-state index contributed by atoms with van der Waals surface area (Å²) in [5.74, 6) is -0.234. The quantitative estimate of drug-likeness (QED) is 0.780. The van der Waals surface area contributed by atoms with Gasteiger partial charge in [-0.15, -0.1) is 0 Å². The Labute approximate surface area is 151 Å². The molecule has 0 radical (unpaired) electrons. The molecule has 1 aliphatic rings. The number of hydrogen-bond donors (Lipinski definition) is 1. The molecule has 26 heavy (non-hydrogen) atoms. The van der Waals surface area contributed by atoms with Crippen LogP contribution in [0.15, 0.2) is 18.2 Å². The standard InChI is InChI=1S/C19H25F3N2O2/c1-3-14(11-23-12-25)18(26)24-8-6-15(7-9-24)17-10-16(19(20,21)22)5-4-13(17)2/h4-5,10,12,14-15H,3,6-9,11H2,1-2H3,(H,23,25). The third-order valence-corrected chi connectivity index (χ3v) is 5.14. The summed E-state index contributed by atoms with van der Waals surface area (Å²) < 4.78 is 38.9. The van der Waals surface area contributed by atoms with E-state index in [9.17, 15) is 22.8 Å². The lowest BCUT2D eigenvalue weighted by atomic mass is 9.85. The van der Waals surface area contributed by atoms with Crippen molar-refractivity contribution in [1.29, 1.82) is 0 Å². The predicted octanol–water partition coefficient (Wildman–Crippen LogP) is 3.49. The van der Waals surface area contributed by atoms with Crippen LogP contribution in [0.5, 0.6) is 0 Å². The van der Waals surface area contributed by atoms with E-state index in [4.69, 9.17) is 0 Å². The molecule has 0 aromatic heterocycles. The molecule has 1 aliphatic heterocycles. The lowest BCUT2D eigenvalue weighted by Crippen LogP contribution is -2.43. The number of carbonyl (C=O) groups is 2. The number of nitrogens with one attached hydrogen (secondary N) is 1. The van der Waals surface area contributed by atoms with E-state index in [0.717, 1.165) is 17.2 Å². The number of nitrogens with zero attached hydrogens (tertiary/aromatic N) is 1. The van der Waals surface area contributed by atoms with Gasteiger partial charge in [-0.2, -0.15) is 13.2 Å². The van der Waals surface area contributed by atoms with Crippen LogP contribution in [0.1, 0.15) is 48.8 Å². The summed E-state index contributed by atoms with van der Waals surface area (Å²) in [6.07, 6.45) is -1.85. The zero-order valence-corrected chi connectivity index (χ0v) is 15.1. The summed E-state index contributed by atoms with van der Waals surface area (Å²) in [5.41, 5.74) is 0.952. The van der Waals surface area contributed by atoms with E-state index in [-0.39, 0.29) is 17.7 Å². The zero-order valence-electron chi connectivity index (χ0n) is 15.1. The fraction of sp³-hybridized carbons (Fsp3) is 0.579. The first-order valence-corrected chi connectivity index (χ1v) is 8.91. The maximum absolute atomic E-state index is 13.0. The Balaban J connectivity index is 2.04. The van der Waals surface area contributed by atoms with Gasteiger partial charge in [-0.3, -0.25) is 9.59 Å². The lowest BCUT2D eigenvalue weighted by Gasteiger charge is -2.35. The average Bonchev–Trinajstić information content (AvgIpc) is 2.61. The van der Waals surface area contributed by atoms with Crippen molar-refractivity contribution in [3.05, 3.63) is 34.9 Å². The van der Waals surface area contributed by atoms with Crippen LogP contribution in [0.25, 0.3) is 0 Å². The minimum Gasteiger partial charge on any atom is -0.358 e. The Hall–Kier alpha value is -2.05. The van der Waals surface area contributed by atoms with Crippen molar-refractivity contribution < 1.29 is 22.8 Å². The maximum Gasteiger partial charge on any atom is 0.416 e. The molecule has 0 saturated carbocycles. The Morgan fingerprint density at radius 2 is 2.00 bits per heavy atom. The molecule has 2 rings (SSSR count). The first-order valence-electron chi connectivity index (χ1n) is 8.91. The third kappa shape index (κ3) is 4.77. The second kappa shape index (κ2) is 8.56. The molecule has 1 N–H and O–H groups in total. The number of likely N-dealkylation sites (tertiary alicyclic amines) is 1. The van der Waals surface area contributed by atoms with Crippen molar-refractivity contribution in [1.82, 2.24) is 10.2 Å². The molecule has 2 amide bonds. The number of aryl methyl sites for hydroxylation is 1. The summed E-state index contributed by atoms with van der Waals surface area (Å²) in [7, 11) is 0. The smallest absolute Gasteiger partial charge is 0.358 e. The van der Waals surface area contributed by atoms with Gasteiger partial charge in [0, 0.05) is 19.6 Å². The molecule has 1 unspecified atom stereocenters. The van der Waals surface area contributed by atoms with Crippen molar-refractivity contribution in [3.63, 3.8) is 0 Å². The van der Waals surface area contributed by atoms with Crippen LogP contribution in [0.2, 0.25) is 0 Å². The molecule has 1 atom stereocenters. The van der Waals surface area contributed by atoms with Gasteiger partial charge in [0.1, 0.15) is 0 Å². The minimum atomic E-state index is -4.35. The summed E-state index contributed by atoms with van der Waals surface area (Å²) in [6, 6.07) is 3.89. The highest BCUT2D eigenvalue weighted by molar-refractivity contribution is 5.79. The summed E-state index contributed by atoms with van der Waals surface area (Å²) in [6.45, 7) is 5.08. The third-order valence-electron chi connectivity index (χ3n) is 5.14. The lowest BCUT2D eigenvalue weighted by molar-refractivity contribution is -0.137. The number of halogens is 3. The highest BCUT2D eigenvalue weighted by Gasteiger charge is 2.33. The molecule has 4 nitrogen and oxygen atoms in total. The van der Waals surface area contributed by atoms with Gasteiger partial charge >= 0.3 is 6.18 Å². The number of amides is 2. The molecule has 1 heterocycles. The Morgan fingerprint density at radius 1 is 1.35 bits per heavy atom. The Bertz CT molecular complexity index is 638. The fourth-order valence-electron chi connectivity index (χ4n) is 3.52. The molecule has 1 aromatic carbocycles. The molecular weight excluding hydrogens is 345 g/mol. The van der Waals surface area contributed by atoms with Crippen LogP contribution in [-0.2, 0) is 15.8 Å². The first kappa shape index (κ1) is 20.3. The van der Waals surface area contributed by atoms with Crippen LogP contribution in [0, 0.1) is 12.8 Å². The van der Waals surface area contributed by atoms with Crippen molar-refractivity contribution >= 4 is 12.3 Å². The van der Waals surface area contributed by atoms with Crippen molar-refractivity contribution in [2.45, 2.75) is 45.2 Å². The molecule has 7 heteroatoms. The van der Waals surface area contributed by atoms with Gasteiger partial charge in [0.05, 0.1) is 11.5 Å². The molecule has 1 aromatic rings. The first-order chi connectivity index (χ1) is 12.3. The molecular formula is C19H25F3N2O2. The second-order valence-corrected chi connectivity index (χ2v) is 6.80. The van der Waals surface area contributed by atoms with E-state index in [2.05, 4.69) is 5.32 Å². The van der Waals surface area contributed by atoms with Crippen molar-refractivity contribution in [3.8, 4) is 0 Å². The highest BCUT2D eigenvalue weighted by Crippen LogP contribution is 2.36. The van der Waals surface area contributed by atoms with E-state index in [1.54, 1.807) is 4.90 Å². The fourth-order valence-corrected chi connectivity index (χ4v) is 3.52. The molecule has 0 spiro atoms. The zero-order chi connectivity index (χ0) is 19.3. The van der Waals surface area contributed by atoms with Gasteiger partial charge in [-0.05, 0) is 55.4 Å². The van der Waals surface area contributed by atoms with Crippen LogP contribution in [0.4, 0.5) is 13.2 Å². The normalized spacial score (nSPS) is 17.0. The number of hydrogen-bond acceptors (Lipinski definition) is 2. The predicted molar refractivity (Wildman–Crippen MR) is 92.6 cm³/mol. The van der Waals surface area contributed by atoms with E-state index in [0.29, 0.717) is 45.3 Å². The number of rotatable bonds is 6. The van der Waals surface area contributed by atoms with Crippen LogP contribution >= 0.6 is 0 Å². The number of carbonyl (C=O) groups excluding carboxylic acids is 2. The molecule has 1 fully saturated rings. The van der Waals surface area contributed by atoms with Crippen LogP contribution in [0.3, 0.4) is 0 Å². The maximum atomic E-state index is 13.0. The minimum absolute atomic E-state index is 0.000985. The molecule has 0 bridgehead atoms. The van der Waals surface area contributed by atoms with Gasteiger partial charge < -0.3 is 10.2 Å². The SMILES string of the molecule is CCC(CNC=O)C(=O)N1CCC(c2cc(C(F)(F)F)ccc2C)CC1. The Morgan fingerprint density at radius 3 is 2.54 bits per heavy atom. The summed E-state index contributed by atoms with van der Waals surface area (Å²) >= 11 is 0. The van der Waals surface area contributed by atoms with E-state index in [1.807, 2.05) is 13.8 Å². The highest BCUT2D eigenvalue weighted by atomic mass is 19.4. The van der Waals surface area contributed by atoms with E-state index in [1.165, 1.54) is 12.1 Å². The van der Waals surface area contributed by atoms with E-state index >= 15 is 0 Å². The van der Waals surface area contributed by atoms with Crippen molar-refractivity contribution in [2.75, 3.05) is 19.6 Å². The topological polar surface area (TPSA) is 49.4 Å². The molecule has 0 aliphatic carbocycles. The number of piperidine rings is 1. The van der Waals surface area contributed by atoms with Crippen molar-refractivity contribution in [2.24, 2.45) is 5.92 Å². The van der Waals surface area contributed by atoms with Gasteiger partial charge in [-0.1, -0.05) is 13.0 Å². The largest absolute Gasteiger partial charge is 0.416 e. The van der Waals surface area contributed by atoms with Crippen LogP contribution in [-0.4, -0.2) is 36.9 Å². The summed E-state index contributed by atoms with van der Waals surface area (Å²) in [4.78, 5) is 24.8. The number of benzene rings is 1. The molecule has 1 saturated heterocycles. The summed E-state index contributed by atoms with van der Waals surface area (Å²) in [5, 5.41) is 2.55.